The van der Waals surface area contributed by atoms with Gasteiger partial charge in [0.25, 0.3) is 0 Å². The van der Waals surface area contributed by atoms with E-state index < -0.39 is 18.3 Å². The molecule has 1 heterocycles. The van der Waals surface area contributed by atoms with Crippen molar-refractivity contribution in [2.75, 3.05) is 13.7 Å². The van der Waals surface area contributed by atoms with Gasteiger partial charge in [-0.25, -0.2) is 0 Å². The van der Waals surface area contributed by atoms with E-state index in [1.165, 1.54) is 5.57 Å². The molecule has 0 aromatic rings. The maximum absolute atomic E-state index is 10.2. The van der Waals surface area contributed by atoms with Gasteiger partial charge in [0.2, 0.25) is 0 Å². The van der Waals surface area contributed by atoms with Crippen molar-refractivity contribution in [1.82, 2.24) is 0 Å². The zero-order chi connectivity index (χ0) is 14.9. The van der Waals surface area contributed by atoms with E-state index in [0.29, 0.717) is 18.9 Å². The van der Waals surface area contributed by atoms with Crippen LogP contribution in [0.3, 0.4) is 0 Å². The molecule has 116 valence electrons. The third kappa shape index (κ3) is 3.08. The van der Waals surface area contributed by atoms with Crippen LogP contribution in [-0.4, -0.2) is 47.8 Å². The normalized spacial score (nSPS) is 41.5. The molecular weight excluding hydrogens is 256 g/mol. The smallest absolute Gasteiger partial charge is 0.107 e. The van der Waals surface area contributed by atoms with Gasteiger partial charge < -0.3 is 19.7 Å². The lowest BCUT2D eigenvalue weighted by Crippen LogP contribution is -2.55. The minimum absolute atomic E-state index is 0.0399. The number of aliphatic hydroxyl groups is 2. The molecule has 0 radical (unpaired) electrons. The van der Waals surface area contributed by atoms with Gasteiger partial charge in [-0.2, -0.15) is 0 Å². The van der Waals surface area contributed by atoms with Crippen LogP contribution >= 0.6 is 0 Å². The molecule has 0 aromatic heterocycles. The maximum Gasteiger partial charge on any atom is 0.107 e. The van der Waals surface area contributed by atoms with Crippen LogP contribution in [0, 0.1) is 11.8 Å². The van der Waals surface area contributed by atoms with Gasteiger partial charge in [-0.05, 0) is 25.7 Å². The summed E-state index contributed by atoms with van der Waals surface area (Å²) < 4.78 is 11.1. The highest BCUT2D eigenvalue weighted by molar-refractivity contribution is 5.22. The molecule has 1 saturated heterocycles. The van der Waals surface area contributed by atoms with E-state index in [1.807, 2.05) is 0 Å². The number of rotatable bonds is 5. The summed E-state index contributed by atoms with van der Waals surface area (Å²) >= 11 is 0. The van der Waals surface area contributed by atoms with Gasteiger partial charge in [0.05, 0.1) is 18.8 Å². The summed E-state index contributed by atoms with van der Waals surface area (Å²) in [5.41, 5.74) is 0.888. The fourth-order valence-corrected chi connectivity index (χ4v) is 3.43. The Morgan fingerprint density at radius 2 is 2.10 bits per heavy atom. The highest BCUT2D eigenvalue weighted by Gasteiger charge is 2.61. The summed E-state index contributed by atoms with van der Waals surface area (Å²) in [7, 11) is 1.59. The van der Waals surface area contributed by atoms with Crippen molar-refractivity contribution < 1.29 is 19.7 Å². The topological polar surface area (TPSA) is 62.2 Å². The molecule has 1 aliphatic heterocycles. The molecule has 2 fully saturated rings. The quantitative estimate of drug-likeness (QED) is 0.598. The first-order valence-corrected chi connectivity index (χ1v) is 7.61. The Kier molecular flexibility index (Phi) is 4.90. The molecule has 2 aliphatic rings. The van der Waals surface area contributed by atoms with Gasteiger partial charge in [0, 0.05) is 19.4 Å². The van der Waals surface area contributed by atoms with Crippen molar-refractivity contribution in [2.45, 2.75) is 63.9 Å². The van der Waals surface area contributed by atoms with Gasteiger partial charge in [-0.3, -0.25) is 0 Å². The van der Waals surface area contributed by atoms with Crippen molar-refractivity contribution in [1.29, 1.82) is 0 Å². The Labute approximate surface area is 121 Å². The van der Waals surface area contributed by atoms with Crippen LogP contribution < -0.4 is 0 Å². The molecule has 0 amide bonds. The Hall–Kier alpha value is -0.420. The first-order valence-electron chi connectivity index (χ1n) is 7.61. The zero-order valence-corrected chi connectivity index (χ0v) is 13.0. The minimum Gasteiger partial charge on any atom is -0.390 e. The minimum atomic E-state index is -0.840. The maximum atomic E-state index is 10.2. The predicted molar refractivity (Wildman–Crippen MR) is 77.4 cm³/mol. The number of methoxy groups -OCH3 is 1. The number of epoxide rings is 1. The van der Waals surface area contributed by atoms with Crippen LogP contribution in [0.4, 0.5) is 0 Å². The summed E-state index contributed by atoms with van der Waals surface area (Å²) in [6.07, 6.45) is 2.93. The molecule has 2 N–H and O–H groups in total. The van der Waals surface area contributed by atoms with Crippen molar-refractivity contribution in [3.63, 3.8) is 0 Å². The van der Waals surface area contributed by atoms with E-state index in [9.17, 15) is 10.2 Å². The van der Waals surface area contributed by atoms with Crippen LogP contribution in [0.25, 0.3) is 0 Å². The predicted octanol–water partition coefficient (Wildman–Crippen LogP) is 1.89. The lowest BCUT2D eigenvalue weighted by atomic mass is 9.71. The van der Waals surface area contributed by atoms with Crippen molar-refractivity contribution >= 4 is 0 Å². The van der Waals surface area contributed by atoms with Crippen molar-refractivity contribution in [3.8, 4) is 0 Å². The van der Waals surface area contributed by atoms with E-state index in [1.54, 1.807) is 7.11 Å². The van der Waals surface area contributed by atoms with Gasteiger partial charge in [-0.15, -0.1) is 0 Å². The summed E-state index contributed by atoms with van der Waals surface area (Å²) in [5, 5.41) is 20.1. The Morgan fingerprint density at radius 1 is 1.45 bits per heavy atom. The Morgan fingerprint density at radius 3 is 2.60 bits per heavy atom. The number of allylic oxidation sites excluding steroid dienone is 1. The molecule has 4 nitrogen and oxygen atoms in total. The largest absolute Gasteiger partial charge is 0.390 e. The number of aliphatic hydroxyl groups excluding tert-OH is 2. The lowest BCUT2D eigenvalue weighted by molar-refractivity contribution is -0.140. The zero-order valence-electron chi connectivity index (χ0n) is 13.0. The van der Waals surface area contributed by atoms with Crippen LogP contribution in [-0.2, 0) is 9.47 Å². The summed E-state index contributed by atoms with van der Waals surface area (Å²) in [6, 6.07) is 0. The fraction of sp³-hybridized carbons (Fsp3) is 0.875. The van der Waals surface area contributed by atoms with E-state index >= 15 is 0 Å². The first-order chi connectivity index (χ1) is 9.41. The third-order valence-corrected chi connectivity index (χ3v) is 4.67. The third-order valence-electron chi connectivity index (χ3n) is 4.67. The van der Waals surface area contributed by atoms with Gasteiger partial charge >= 0.3 is 0 Å². The van der Waals surface area contributed by atoms with Gasteiger partial charge in [0.1, 0.15) is 11.7 Å². The SMILES string of the molecule is CO[C@@H]1[C@H](O)[C@@H](O)C[C@]2(CO2)[C@H]1/C(C)=C/CCC(C)C. The molecule has 2 rings (SSSR count). The monoisotopic (exact) mass is 284 g/mol. The molecule has 5 atom stereocenters. The van der Waals surface area contributed by atoms with Crippen LogP contribution in [0.5, 0.6) is 0 Å². The molecule has 0 unspecified atom stereocenters. The average molecular weight is 284 g/mol. The second kappa shape index (κ2) is 6.14. The number of hydrogen-bond acceptors (Lipinski definition) is 4. The molecule has 0 bridgehead atoms. The van der Waals surface area contributed by atoms with E-state index in [2.05, 4.69) is 26.8 Å². The summed E-state index contributed by atoms with van der Waals surface area (Å²) in [5.74, 6) is 0.722. The molecular formula is C16H28O4. The first kappa shape index (κ1) is 16.0. The molecule has 0 aromatic carbocycles. The molecule has 1 spiro atoms. The molecule has 4 heteroatoms. The Bertz CT molecular complexity index is 359. The number of hydrogen-bond donors (Lipinski definition) is 2. The lowest BCUT2D eigenvalue weighted by Gasteiger charge is -2.42. The summed E-state index contributed by atoms with van der Waals surface area (Å²) in [4.78, 5) is 0. The second-order valence-corrected chi connectivity index (χ2v) is 6.71. The van der Waals surface area contributed by atoms with Crippen LogP contribution in [0.1, 0.15) is 40.0 Å². The van der Waals surface area contributed by atoms with Crippen LogP contribution in [0.2, 0.25) is 0 Å². The average Bonchev–Trinajstić information content (AvgIpc) is 3.13. The van der Waals surface area contributed by atoms with Gasteiger partial charge in [-0.1, -0.05) is 25.5 Å². The molecule has 1 aliphatic carbocycles. The van der Waals surface area contributed by atoms with E-state index in [4.69, 9.17) is 9.47 Å². The standard InChI is InChI=1S/C16H28O4/c1-10(2)6-5-7-11(3)13-15(19-4)14(18)12(17)8-16(13)9-20-16/h7,10,12-15,17-18H,5-6,8-9H2,1-4H3/b11-7+/t12-,13-,14+,15-,16-/m0/s1. The van der Waals surface area contributed by atoms with Crippen molar-refractivity contribution in [3.05, 3.63) is 11.6 Å². The van der Waals surface area contributed by atoms with E-state index in [0.717, 1.165) is 12.8 Å². The second-order valence-electron chi connectivity index (χ2n) is 6.71. The molecule has 20 heavy (non-hydrogen) atoms. The van der Waals surface area contributed by atoms with Crippen LogP contribution in [0.15, 0.2) is 11.6 Å². The van der Waals surface area contributed by atoms with Crippen molar-refractivity contribution in [2.24, 2.45) is 11.8 Å². The summed E-state index contributed by atoms with van der Waals surface area (Å²) in [6.45, 7) is 7.17. The molecule has 1 saturated carbocycles. The fourth-order valence-electron chi connectivity index (χ4n) is 3.43. The van der Waals surface area contributed by atoms with E-state index in [-0.39, 0.29) is 11.5 Å². The Balaban J connectivity index is 2.13. The number of ether oxygens (including phenoxy) is 2. The highest BCUT2D eigenvalue weighted by atomic mass is 16.6. The van der Waals surface area contributed by atoms with Gasteiger partial charge in [0.15, 0.2) is 0 Å². The highest BCUT2D eigenvalue weighted by Crippen LogP contribution is 2.50.